The number of hydrogen-bond donors (Lipinski definition) is 1. The molecule has 41 valence electrons. The summed E-state index contributed by atoms with van der Waals surface area (Å²) in [5, 5.41) is 12.6. The minimum Gasteiger partial charge on any atom is -0.396 e. The van der Waals surface area contributed by atoms with Crippen molar-refractivity contribution in [3.8, 4) is 0 Å². The lowest BCUT2D eigenvalue weighted by atomic mass is 10.1. The average Bonchev–Trinajstić information content (AvgIpc) is 2.14. The first kappa shape index (κ1) is 5.06. The number of nitrogens with zero attached hydrogens (tertiary/aromatic N) is 1. The minimum atomic E-state index is 0.323. The SMILES string of the molecule is OC[C@@H]1CC[N]C1. The van der Waals surface area contributed by atoms with Crippen LogP contribution in [0.4, 0.5) is 0 Å². The summed E-state index contributed by atoms with van der Waals surface area (Å²) < 4.78 is 0. The standard InChI is InChI=1S/C5H10NO/c7-4-5-1-2-6-3-5/h5,7H,1-4H2/t5-/m1/s1. The van der Waals surface area contributed by atoms with Gasteiger partial charge in [-0.15, -0.1) is 0 Å². The van der Waals surface area contributed by atoms with Gasteiger partial charge in [-0.1, -0.05) is 0 Å². The van der Waals surface area contributed by atoms with Gasteiger partial charge in [-0.05, 0) is 12.3 Å². The molecule has 0 bridgehead atoms. The average molecular weight is 100 g/mol. The molecule has 0 saturated carbocycles. The Hall–Kier alpha value is -0.0800. The van der Waals surface area contributed by atoms with Crippen molar-refractivity contribution in [3.05, 3.63) is 0 Å². The third-order valence-corrected chi connectivity index (χ3v) is 1.34. The first-order chi connectivity index (χ1) is 3.43. The zero-order chi connectivity index (χ0) is 5.11. The van der Waals surface area contributed by atoms with E-state index in [9.17, 15) is 0 Å². The molecule has 1 N–H and O–H groups in total. The second kappa shape index (κ2) is 2.28. The van der Waals surface area contributed by atoms with Gasteiger partial charge in [0.2, 0.25) is 0 Å². The molecule has 1 fully saturated rings. The first-order valence-electron chi connectivity index (χ1n) is 2.67. The van der Waals surface area contributed by atoms with Crippen molar-refractivity contribution in [2.45, 2.75) is 6.42 Å². The van der Waals surface area contributed by atoms with Gasteiger partial charge in [-0.25, -0.2) is 5.32 Å². The fourth-order valence-electron chi connectivity index (χ4n) is 0.788. The molecule has 1 heterocycles. The summed E-state index contributed by atoms with van der Waals surface area (Å²) in [6.07, 6.45) is 1.09. The van der Waals surface area contributed by atoms with Gasteiger partial charge in [-0.2, -0.15) is 0 Å². The van der Waals surface area contributed by atoms with Crippen LogP contribution in [-0.4, -0.2) is 24.8 Å². The molecular formula is C5H10NO. The lowest BCUT2D eigenvalue weighted by Crippen LogP contribution is -2.06. The molecule has 2 nitrogen and oxygen atoms in total. The van der Waals surface area contributed by atoms with Gasteiger partial charge in [0.1, 0.15) is 0 Å². The van der Waals surface area contributed by atoms with E-state index < -0.39 is 0 Å². The normalized spacial score (nSPS) is 31.3. The molecule has 2 heteroatoms. The van der Waals surface area contributed by atoms with Crippen LogP contribution in [0.2, 0.25) is 0 Å². The van der Waals surface area contributed by atoms with E-state index in [4.69, 9.17) is 5.11 Å². The van der Waals surface area contributed by atoms with Crippen molar-refractivity contribution in [1.29, 1.82) is 0 Å². The summed E-state index contributed by atoms with van der Waals surface area (Å²) in [6, 6.07) is 0. The van der Waals surface area contributed by atoms with E-state index in [-0.39, 0.29) is 0 Å². The van der Waals surface area contributed by atoms with Crippen molar-refractivity contribution in [3.63, 3.8) is 0 Å². The topological polar surface area (TPSA) is 34.3 Å². The Kier molecular flexibility index (Phi) is 1.65. The van der Waals surface area contributed by atoms with Crippen LogP contribution >= 0.6 is 0 Å². The first-order valence-corrected chi connectivity index (χ1v) is 2.67. The van der Waals surface area contributed by atoms with Crippen molar-refractivity contribution in [2.24, 2.45) is 5.92 Å². The molecule has 1 aliphatic rings. The van der Waals surface area contributed by atoms with Crippen molar-refractivity contribution >= 4 is 0 Å². The van der Waals surface area contributed by atoms with Gasteiger partial charge in [0.15, 0.2) is 0 Å². The molecule has 1 atom stereocenters. The van der Waals surface area contributed by atoms with Crippen LogP contribution < -0.4 is 5.32 Å². The Bertz CT molecular complexity index is 50.0. The van der Waals surface area contributed by atoms with E-state index >= 15 is 0 Å². The maximum absolute atomic E-state index is 8.51. The van der Waals surface area contributed by atoms with Crippen LogP contribution in [-0.2, 0) is 0 Å². The molecule has 0 aromatic carbocycles. The Morgan fingerprint density at radius 1 is 1.71 bits per heavy atom. The van der Waals surface area contributed by atoms with Crippen molar-refractivity contribution in [2.75, 3.05) is 19.7 Å². The molecule has 1 rings (SSSR count). The predicted molar refractivity (Wildman–Crippen MR) is 27.1 cm³/mol. The molecule has 7 heavy (non-hydrogen) atoms. The lowest BCUT2D eigenvalue weighted by molar-refractivity contribution is 0.237. The fourth-order valence-corrected chi connectivity index (χ4v) is 0.788. The molecule has 0 spiro atoms. The van der Waals surface area contributed by atoms with Crippen LogP contribution in [0.25, 0.3) is 0 Å². The summed E-state index contributed by atoms with van der Waals surface area (Å²) >= 11 is 0. The van der Waals surface area contributed by atoms with Crippen LogP contribution in [0.1, 0.15) is 6.42 Å². The van der Waals surface area contributed by atoms with E-state index in [1.807, 2.05) is 0 Å². The highest BCUT2D eigenvalue weighted by atomic mass is 16.3. The third kappa shape index (κ3) is 1.14. The molecule has 1 aliphatic heterocycles. The number of hydrogen-bond acceptors (Lipinski definition) is 1. The molecule has 0 aromatic rings. The van der Waals surface area contributed by atoms with Gasteiger partial charge in [-0.3, -0.25) is 0 Å². The second-order valence-corrected chi connectivity index (χ2v) is 1.97. The minimum absolute atomic E-state index is 0.323. The van der Waals surface area contributed by atoms with Crippen LogP contribution in [0.5, 0.6) is 0 Å². The Labute approximate surface area is 43.5 Å². The quantitative estimate of drug-likeness (QED) is 0.478. The number of aliphatic hydroxyl groups is 1. The van der Waals surface area contributed by atoms with Gasteiger partial charge >= 0.3 is 0 Å². The Balaban J connectivity index is 2.14. The Morgan fingerprint density at radius 3 is 2.86 bits per heavy atom. The van der Waals surface area contributed by atoms with Gasteiger partial charge in [0.25, 0.3) is 0 Å². The molecule has 0 aliphatic carbocycles. The van der Waals surface area contributed by atoms with Crippen LogP contribution in [0.3, 0.4) is 0 Å². The summed E-state index contributed by atoms with van der Waals surface area (Å²) in [5.41, 5.74) is 0. The highest BCUT2D eigenvalue weighted by Crippen LogP contribution is 2.05. The van der Waals surface area contributed by atoms with Crippen molar-refractivity contribution in [1.82, 2.24) is 5.32 Å². The summed E-state index contributed by atoms with van der Waals surface area (Å²) in [4.78, 5) is 0. The molecule has 1 saturated heterocycles. The number of rotatable bonds is 1. The largest absolute Gasteiger partial charge is 0.396 e. The monoisotopic (exact) mass is 100 g/mol. The lowest BCUT2D eigenvalue weighted by Gasteiger charge is -1.97. The maximum Gasteiger partial charge on any atom is 0.0472 e. The molecule has 0 amide bonds. The molecule has 0 unspecified atom stereocenters. The number of aliphatic hydroxyl groups excluding tert-OH is 1. The fraction of sp³-hybridized carbons (Fsp3) is 1.00. The molecule has 1 radical (unpaired) electrons. The van der Waals surface area contributed by atoms with E-state index in [2.05, 4.69) is 5.32 Å². The van der Waals surface area contributed by atoms with E-state index in [0.29, 0.717) is 12.5 Å². The summed E-state index contributed by atoms with van der Waals surface area (Å²) in [6.45, 7) is 2.17. The van der Waals surface area contributed by atoms with Crippen LogP contribution in [0.15, 0.2) is 0 Å². The highest BCUT2D eigenvalue weighted by molar-refractivity contribution is 4.68. The second-order valence-electron chi connectivity index (χ2n) is 1.97. The Morgan fingerprint density at radius 2 is 2.57 bits per heavy atom. The van der Waals surface area contributed by atoms with E-state index in [0.717, 1.165) is 19.5 Å². The zero-order valence-corrected chi connectivity index (χ0v) is 4.30. The summed E-state index contributed by atoms with van der Waals surface area (Å²) in [7, 11) is 0. The van der Waals surface area contributed by atoms with E-state index in [1.165, 1.54) is 0 Å². The third-order valence-electron chi connectivity index (χ3n) is 1.34. The zero-order valence-electron chi connectivity index (χ0n) is 4.30. The van der Waals surface area contributed by atoms with Crippen LogP contribution in [0, 0.1) is 5.92 Å². The van der Waals surface area contributed by atoms with Crippen molar-refractivity contribution < 1.29 is 5.11 Å². The van der Waals surface area contributed by atoms with Gasteiger partial charge in [0.05, 0.1) is 0 Å². The van der Waals surface area contributed by atoms with E-state index in [1.54, 1.807) is 0 Å². The smallest absolute Gasteiger partial charge is 0.0472 e. The maximum atomic E-state index is 8.51. The predicted octanol–water partition coefficient (Wildman–Crippen LogP) is -0.397. The van der Waals surface area contributed by atoms with Gasteiger partial charge < -0.3 is 5.11 Å². The molecule has 0 aromatic heterocycles. The molecular weight excluding hydrogens is 90.1 g/mol. The van der Waals surface area contributed by atoms with Gasteiger partial charge in [0, 0.05) is 19.7 Å². The highest BCUT2D eigenvalue weighted by Gasteiger charge is 2.12. The summed E-state index contributed by atoms with van der Waals surface area (Å²) in [5.74, 6) is 0.486.